The van der Waals surface area contributed by atoms with E-state index in [2.05, 4.69) is 108 Å². The Hall–Kier alpha value is -7.60. The van der Waals surface area contributed by atoms with Gasteiger partial charge in [0.25, 0.3) is 0 Å². The van der Waals surface area contributed by atoms with Crippen LogP contribution in [0.25, 0.3) is 93.8 Å². The molecule has 9 rings (SSSR count). The summed E-state index contributed by atoms with van der Waals surface area (Å²) >= 11 is 0. The van der Waals surface area contributed by atoms with Crippen molar-refractivity contribution in [2.24, 2.45) is 0 Å². The largest absolute Gasteiger partial charge is 0.455 e. The number of nitriles is 1. The van der Waals surface area contributed by atoms with Gasteiger partial charge in [0.2, 0.25) is 0 Å². The van der Waals surface area contributed by atoms with Gasteiger partial charge >= 0.3 is 0 Å². The maximum atomic E-state index is 9.09. The standard InChI is InChI=1S/C48H28N4O/c1-50-40-24-20-37(21-25-40)46-27-23-39(30-52-46)33-14-18-35(19-15-33)42-5-3-7-44-43-6-2-4-41(47(43)53-48(42)44)34-16-12-32(13-17-34)38-22-26-45(51-29-38)36-10-8-31(28-49)9-11-36/h2-27,29-30H. The second kappa shape index (κ2) is 13.3. The van der Waals surface area contributed by atoms with Gasteiger partial charge in [-0.3, -0.25) is 9.97 Å². The van der Waals surface area contributed by atoms with E-state index in [0.29, 0.717) is 11.3 Å². The Balaban J connectivity index is 0.982. The molecule has 53 heavy (non-hydrogen) atoms. The number of rotatable bonds is 6. The zero-order chi connectivity index (χ0) is 35.7. The van der Waals surface area contributed by atoms with Gasteiger partial charge < -0.3 is 4.42 Å². The first-order valence-corrected chi connectivity index (χ1v) is 17.2. The summed E-state index contributed by atoms with van der Waals surface area (Å²) in [4.78, 5) is 12.9. The van der Waals surface area contributed by atoms with E-state index in [-0.39, 0.29) is 0 Å². The van der Waals surface area contributed by atoms with Crippen molar-refractivity contribution in [1.82, 2.24) is 9.97 Å². The first-order valence-electron chi connectivity index (χ1n) is 17.2. The molecule has 5 heteroatoms. The van der Waals surface area contributed by atoms with Gasteiger partial charge in [0, 0.05) is 51.0 Å². The molecule has 0 saturated heterocycles. The quantitative estimate of drug-likeness (QED) is 0.164. The summed E-state index contributed by atoms with van der Waals surface area (Å²) in [6.45, 7) is 7.17. The van der Waals surface area contributed by atoms with Crippen LogP contribution < -0.4 is 0 Å². The molecule has 0 radical (unpaired) electrons. The van der Waals surface area contributed by atoms with Crippen molar-refractivity contribution in [1.29, 1.82) is 5.26 Å². The minimum Gasteiger partial charge on any atom is -0.455 e. The average molecular weight is 677 g/mol. The molecule has 3 aromatic heterocycles. The summed E-state index contributed by atoms with van der Waals surface area (Å²) < 4.78 is 6.74. The third-order valence-electron chi connectivity index (χ3n) is 9.71. The average Bonchev–Trinajstić information content (AvgIpc) is 3.63. The van der Waals surface area contributed by atoms with Crippen LogP contribution in [-0.2, 0) is 0 Å². The number of benzene rings is 6. The van der Waals surface area contributed by atoms with Crippen LogP contribution in [0.15, 0.2) is 175 Å². The maximum absolute atomic E-state index is 9.09. The van der Waals surface area contributed by atoms with E-state index in [1.54, 1.807) is 0 Å². The normalized spacial score (nSPS) is 11.0. The van der Waals surface area contributed by atoms with Gasteiger partial charge in [0.1, 0.15) is 11.2 Å². The van der Waals surface area contributed by atoms with E-state index in [1.807, 2.05) is 73.1 Å². The van der Waals surface area contributed by atoms with Crippen LogP contribution in [0.2, 0.25) is 0 Å². The molecule has 3 heterocycles. The molecule has 0 aliphatic heterocycles. The van der Waals surface area contributed by atoms with Crippen LogP contribution in [0.5, 0.6) is 0 Å². The van der Waals surface area contributed by atoms with Crippen LogP contribution in [0.3, 0.4) is 0 Å². The number of aromatic nitrogens is 2. The second-order valence-electron chi connectivity index (χ2n) is 12.8. The van der Waals surface area contributed by atoms with Gasteiger partial charge in [0.05, 0.1) is 29.6 Å². The summed E-state index contributed by atoms with van der Waals surface area (Å²) in [5.74, 6) is 0. The van der Waals surface area contributed by atoms with E-state index >= 15 is 0 Å². The van der Waals surface area contributed by atoms with Crippen LogP contribution >= 0.6 is 0 Å². The lowest BCUT2D eigenvalue weighted by Crippen LogP contribution is -1.86. The van der Waals surface area contributed by atoms with Gasteiger partial charge in [-0.2, -0.15) is 5.26 Å². The van der Waals surface area contributed by atoms with Crippen molar-refractivity contribution >= 4 is 27.6 Å². The predicted molar refractivity (Wildman–Crippen MR) is 213 cm³/mol. The molecule has 0 atom stereocenters. The molecular formula is C48H28N4O. The zero-order valence-electron chi connectivity index (χ0n) is 28.4. The molecule has 0 unspecified atom stereocenters. The Morgan fingerprint density at radius 1 is 0.453 bits per heavy atom. The smallest absolute Gasteiger partial charge is 0.187 e. The van der Waals surface area contributed by atoms with Crippen LogP contribution in [-0.4, -0.2) is 9.97 Å². The molecule has 5 nitrogen and oxygen atoms in total. The first-order chi connectivity index (χ1) is 26.1. The fourth-order valence-corrected chi connectivity index (χ4v) is 6.85. The molecule has 246 valence electrons. The number of pyridine rings is 2. The Kier molecular flexibility index (Phi) is 7.86. The minimum atomic E-state index is 0.619. The molecule has 0 saturated carbocycles. The molecule has 0 aliphatic rings. The van der Waals surface area contributed by atoms with Crippen molar-refractivity contribution < 1.29 is 4.42 Å². The molecule has 0 amide bonds. The lowest BCUT2D eigenvalue weighted by atomic mass is 9.97. The van der Waals surface area contributed by atoms with Gasteiger partial charge in [-0.15, -0.1) is 0 Å². The second-order valence-corrected chi connectivity index (χ2v) is 12.8. The Morgan fingerprint density at radius 2 is 0.868 bits per heavy atom. The summed E-state index contributed by atoms with van der Waals surface area (Å²) in [5, 5.41) is 11.3. The third-order valence-corrected chi connectivity index (χ3v) is 9.71. The molecule has 0 spiro atoms. The minimum absolute atomic E-state index is 0.619. The molecule has 0 bridgehead atoms. The molecule has 0 fully saturated rings. The van der Waals surface area contributed by atoms with Crippen LogP contribution in [0.1, 0.15) is 5.56 Å². The lowest BCUT2D eigenvalue weighted by molar-refractivity contribution is 0.671. The third kappa shape index (κ3) is 5.89. The number of para-hydroxylation sites is 2. The fourth-order valence-electron chi connectivity index (χ4n) is 6.85. The van der Waals surface area contributed by atoms with Gasteiger partial charge in [0.15, 0.2) is 5.69 Å². The monoisotopic (exact) mass is 676 g/mol. The van der Waals surface area contributed by atoms with Crippen molar-refractivity contribution in [2.75, 3.05) is 0 Å². The SMILES string of the molecule is [C-]#[N+]c1ccc(-c2ccc(-c3ccc(-c4cccc5c4oc4c(-c6ccc(-c7ccc(-c8ccc(C#N)cc8)nc7)cc6)cccc45)cc3)cn2)cc1. The van der Waals surface area contributed by atoms with E-state index in [0.717, 1.165) is 89.0 Å². The topological polar surface area (TPSA) is 67.1 Å². The first kappa shape index (κ1) is 31.4. The van der Waals surface area contributed by atoms with Crippen molar-refractivity contribution in [2.45, 2.75) is 0 Å². The molecule has 6 aromatic carbocycles. The Bertz CT molecular complexity index is 2640. The highest BCUT2D eigenvalue weighted by atomic mass is 16.3. The fraction of sp³-hybridized carbons (Fsp3) is 0. The highest BCUT2D eigenvalue weighted by molar-refractivity contribution is 6.13. The van der Waals surface area contributed by atoms with Gasteiger partial charge in [-0.05, 0) is 52.1 Å². The van der Waals surface area contributed by atoms with Crippen LogP contribution in [0.4, 0.5) is 5.69 Å². The Morgan fingerprint density at radius 3 is 1.28 bits per heavy atom. The predicted octanol–water partition coefficient (Wildman–Crippen LogP) is 12.8. The van der Waals surface area contributed by atoms with Crippen molar-refractivity contribution in [3.05, 3.63) is 187 Å². The highest BCUT2D eigenvalue weighted by Gasteiger charge is 2.16. The molecular weight excluding hydrogens is 649 g/mol. The van der Waals surface area contributed by atoms with Crippen molar-refractivity contribution in [3.8, 4) is 73.1 Å². The number of fused-ring (bicyclic) bond motifs is 3. The summed E-state index contributed by atoms with van der Waals surface area (Å²) in [7, 11) is 0. The molecule has 0 aliphatic carbocycles. The van der Waals surface area contributed by atoms with Crippen LogP contribution in [0, 0.1) is 17.9 Å². The van der Waals surface area contributed by atoms with Crippen molar-refractivity contribution in [3.63, 3.8) is 0 Å². The van der Waals surface area contributed by atoms with E-state index < -0.39 is 0 Å². The van der Waals surface area contributed by atoms with E-state index in [9.17, 15) is 0 Å². The number of nitrogens with zero attached hydrogens (tertiary/aromatic N) is 4. The summed E-state index contributed by atoms with van der Waals surface area (Å²) in [6, 6.07) is 55.0. The van der Waals surface area contributed by atoms with E-state index in [1.165, 1.54) is 0 Å². The lowest BCUT2D eigenvalue weighted by Gasteiger charge is -2.07. The number of hydrogen-bond acceptors (Lipinski definition) is 4. The summed E-state index contributed by atoms with van der Waals surface area (Å²) in [6.07, 6.45) is 3.79. The van der Waals surface area contributed by atoms with Gasteiger partial charge in [-0.25, -0.2) is 4.85 Å². The van der Waals surface area contributed by atoms with E-state index in [4.69, 9.17) is 26.2 Å². The summed E-state index contributed by atoms with van der Waals surface area (Å²) in [5.41, 5.74) is 15.1. The number of furan rings is 1. The maximum Gasteiger partial charge on any atom is 0.187 e. The molecule has 9 aromatic rings. The molecule has 0 N–H and O–H groups in total. The number of hydrogen-bond donors (Lipinski definition) is 0. The Labute approximate surface area is 306 Å². The highest BCUT2D eigenvalue weighted by Crippen LogP contribution is 2.40. The zero-order valence-corrected chi connectivity index (χ0v) is 28.4. The van der Waals surface area contributed by atoms with Gasteiger partial charge in [-0.1, -0.05) is 133 Å².